The smallest absolute Gasteiger partial charge is 0.325 e. The van der Waals surface area contributed by atoms with Crippen LogP contribution in [0.5, 0.6) is 0 Å². The van der Waals surface area contributed by atoms with Crippen molar-refractivity contribution >= 4 is 17.9 Å². The molecule has 0 atom stereocenters. The summed E-state index contributed by atoms with van der Waals surface area (Å²) in [5, 5.41) is 2.58. The van der Waals surface area contributed by atoms with Gasteiger partial charge in [-0.15, -0.1) is 0 Å². The number of esters is 1. The SMILES string of the molecule is CCCN(CCC(=O)N(CCc1ccccc1)Cc1ccccc1)C(=O)NCC(=O)OCC. The second kappa shape index (κ2) is 14.7. The maximum Gasteiger partial charge on any atom is 0.325 e. The normalized spacial score (nSPS) is 10.4. The highest BCUT2D eigenvalue weighted by Crippen LogP contribution is 2.10. The first-order chi connectivity index (χ1) is 16.0. The van der Waals surface area contributed by atoms with E-state index in [1.807, 2.05) is 60.4 Å². The molecule has 0 radical (unpaired) electrons. The highest BCUT2D eigenvalue weighted by Gasteiger charge is 2.19. The van der Waals surface area contributed by atoms with Crippen molar-refractivity contribution in [3.8, 4) is 0 Å². The summed E-state index contributed by atoms with van der Waals surface area (Å²) in [6.07, 6.45) is 1.73. The zero-order chi connectivity index (χ0) is 23.9. The quantitative estimate of drug-likeness (QED) is 0.470. The van der Waals surface area contributed by atoms with Crippen molar-refractivity contribution in [2.75, 3.05) is 32.8 Å². The molecular formula is C26H35N3O4. The summed E-state index contributed by atoms with van der Waals surface area (Å²) >= 11 is 0. The standard InChI is InChI=1S/C26H35N3O4/c1-3-17-28(26(32)27-20-25(31)33-4-2)19-16-24(30)29(21-23-13-9-6-10-14-23)18-15-22-11-7-5-8-12-22/h5-14H,3-4,15-21H2,1-2H3,(H,27,32). The minimum absolute atomic E-state index is 0.00548. The average Bonchev–Trinajstić information content (AvgIpc) is 2.84. The van der Waals surface area contributed by atoms with E-state index in [4.69, 9.17) is 4.74 Å². The minimum atomic E-state index is -0.478. The van der Waals surface area contributed by atoms with Gasteiger partial charge < -0.3 is 19.9 Å². The maximum absolute atomic E-state index is 13.1. The number of carbonyl (C=O) groups excluding carboxylic acids is 3. The van der Waals surface area contributed by atoms with Crippen LogP contribution in [0.4, 0.5) is 4.79 Å². The molecule has 0 unspecified atom stereocenters. The number of amides is 3. The molecule has 2 aromatic rings. The Morgan fingerprint density at radius 2 is 1.45 bits per heavy atom. The Bertz CT molecular complexity index is 858. The number of carbonyl (C=O) groups is 3. The van der Waals surface area contributed by atoms with Gasteiger partial charge in [0.15, 0.2) is 0 Å². The Labute approximate surface area is 196 Å². The lowest BCUT2D eigenvalue weighted by atomic mass is 10.1. The molecule has 0 heterocycles. The Morgan fingerprint density at radius 3 is 2.06 bits per heavy atom. The summed E-state index contributed by atoms with van der Waals surface area (Å²) in [5.41, 5.74) is 2.24. The summed E-state index contributed by atoms with van der Waals surface area (Å²) < 4.78 is 4.85. The van der Waals surface area contributed by atoms with E-state index in [9.17, 15) is 14.4 Å². The van der Waals surface area contributed by atoms with E-state index in [2.05, 4.69) is 17.4 Å². The van der Waals surface area contributed by atoms with Crippen molar-refractivity contribution in [1.29, 1.82) is 0 Å². The molecule has 2 rings (SSSR count). The van der Waals surface area contributed by atoms with Crippen LogP contribution >= 0.6 is 0 Å². The predicted octanol–water partition coefficient (Wildman–Crippen LogP) is 3.63. The topological polar surface area (TPSA) is 79.0 Å². The van der Waals surface area contributed by atoms with Gasteiger partial charge in [-0.2, -0.15) is 0 Å². The molecule has 3 amide bonds. The zero-order valence-electron chi connectivity index (χ0n) is 19.7. The number of hydrogen-bond acceptors (Lipinski definition) is 4. The fourth-order valence-electron chi connectivity index (χ4n) is 3.45. The molecule has 0 fully saturated rings. The number of ether oxygens (including phenoxy) is 1. The van der Waals surface area contributed by atoms with Crippen LogP contribution in [0.15, 0.2) is 60.7 Å². The Morgan fingerprint density at radius 1 is 0.818 bits per heavy atom. The highest BCUT2D eigenvalue weighted by molar-refractivity contribution is 5.81. The van der Waals surface area contributed by atoms with Crippen LogP contribution in [0.1, 0.15) is 37.8 Å². The van der Waals surface area contributed by atoms with Gasteiger partial charge in [-0.05, 0) is 30.9 Å². The fourth-order valence-corrected chi connectivity index (χ4v) is 3.45. The molecule has 0 aliphatic carbocycles. The van der Waals surface area contributed by atoms with Gasteiger partial charge >= 0.3 is 12.0 Å². The molecule has 0 spiro atoms. The van der Waals surface area contributed by atoms with E-state index >= 15 is 0 Å². The lowest BCUT2D eigenvalue weighted by molar-refractivity contribution is -0.141. The molecule has 0 bridgehead atoms. The van der Waals surface area contributed by atoms with Crippen LogP contribution in [-0.2, 0) is 27.3 Å². The molecule has 0 saturated heterocycles. The van der Waals surface area contributed by atoms with Gasteiger partial charge in [-0.1, -0.05) is 67.6 Å². The van der Waals surface area contributed by atoms with Gasteiger partial charge in [0.2, 0.25) is 5.91 Å². The fraction of sp³-hybridized carbons (Fsp3) is 0.423. The lowest BCUT2D eigenvalue weighted by Crippen LogP contribution is -2.44. The highest BCUT2D eigenvalue weighted by atomic mass is 16.5. The largest absolute Gasteiger partial charge is 0.465 e. The monoisotopic (exact) mass is 453 g/mol. The van der Waals surface area contributed by atoms with Gasteiger partial charge in [0.25, 0.3) is 0 Å². The third kappa shape index (κ3) is 9.76. The summed E-state index contributed by atoms with van der Waals surface area (Å²) in [6.45, 7) is 5.68. The predicted molar refractivity (Wildman–Crippen MR) is 129 cm³/mol. The molecular weight excluding hydrogens is 418 g/mol. The molecule has 0 aliphatic heterocycles. The molecule has 0 aromatic heterocycles. The molecule has 2 aromatic carbocycles. The van der Waals surface area contributed by atoms with Gasteiger partial charge in [0.05, 0.1) is 6.61 Å². The molecule has 1 N–H and O–H groups in total. The molecule has 178 valence electrons. The van der Waals surface area contributed by atoms with Crippen molar-refractivity contribution in [2.45, 2.75) is 39.7 Å². The second-order valence-electron chi connectivity index (χ2n) is 7.74. The number of hydrogen-bond donors (Lipinski definition) is 1. The summed E-state index contributed by atoms with van der Waals surface area (Å²) in [7, 11) is 0. The number of rotatable bonds is 13. The number of nitrogens with one attached hydrogen (secondary N) is 1. The third-order valence-electron chi connectivity index (χ3n) is 5.15. The summed E-state index contributed by atoms with van der Waals surface area (Å²) in [6, 6.07) is 19.6. The van der Waals surface area contributed by atoms with Gasteiger partial charge in [-0.3, -0.25) is 9.59 Å². The van der Waals surface area contributed by atoms with E-state index in [1.165, 1.54) is 5.56 Å². The van der Waals surface area contributed by atoms with Crippen molar-refractivity contribution in [3.05, 3.63) is 71.8 Å². The maximum atomic E-state index is 13.1. The van der Waals surface area contributed by atoms with Gasteiger partial charge in [-0.25, -0.2) is 4.79 Å². The summed E-state index contributed by atoms with van der Waals surface area (Å²) in [5.74, 6) is -0.484. The molecule has 0 saturated carbocycles. The van der Waals surface area contributed by atoms with E-state index in [0.717, 1.165) is 18.4 Å². The van der Waals surface area contributed by atoms with Crippen molar-refractivity contribution < 1.29 is 19.1 Å². The number of benzene rings is 2. The molecule has 7 nitrogen and oxygen atoms in total. The number of nitrogens with zero attached hydrogens (tertiary/aromatic N) is 2. The van der Waals surface area contributed by atoms with Gasteiger partial charge in [0, 0.05) is 32.6 Å². The van der Waals surface area contributed by atoms with Gasteiger partial charge in [0.1, 0.15) is 6.54 Å². The first-order valence-corrected chi connectivity index (χ1v) is 11.6. The average molecular weight is 454 g/mol. The van der Waals surface area contributed by atoms with Crippen molar-refractivity contribution in [3.63, 3.8) is 0 Å². The Kier molecular flexibility index (Phi) is 11.5. The molecule has 0 aliphatic rings. The molecule has 33 heavy (non-hydrogen) atoms. The Hall–Kier alpha value is -3.35. The van der Waals surface area contributed by atoms with E-state index < -0.39 is 5.97 Å². The van der Waals surface area contributed by atoms with Crippen LogP contribution in [-0.4, -0.2) is 60.5 Å². The summed E-state index contributed by atoms with van der Waals surface area (Å²) in [4.78, 5) is 40.6. The lowest BCUT2D eigenvalue weighted by Gasteiger charge is -2.26. The molecule has 7 heteroatoms. The van der Waals surface area contributed by atoms with Crippen LogP contribution in [0.25, 0.3) is 0 Å². The first-order valence-electron chi connectivity index (χ1n) is 11.6. The minimum Gasteiger partial charge on any atom is -0.465 e. The van der Waals surface area contributed by atoms with E-state index in [0.29, 0.717) is 19.6 Å². The Balaban J connectivity index is 1.97. The van der Waals surface area contributed by atoms with Crippen LogP contribution in [0, 0.1) is 0 Å². The van der Waals surface area contributed by atoms with Crippen molar-refractivity contribution in [1.82, 2.24) is 15.1 Å². The van der Waals surface area contributed by atoms with E-state index in [1.54, 1.807) is 11.8 Å². The third-order valence-corrected chi connectivity index (χ3v) is 5.15. The van der Waals surface area contributed by atoms with Crippen LogP contribution in [0.2, 0.25) is 0 Å². The second-order valence-corrected chi connectivity index (χ2v) is 7.74. The van der Waals surface area contributed by atoms with Crippen LogP contribution in [0.3, 0.4) is 0 Å². The van der Waals surface area contributed by atoms with E-state index in [-0.39, 0.29) is 38.1 Å². The van der Waals surface area contributed by atoms with Crippen molar-refractivity contribution in [2.24, 2.45) is 0 Å². The first kappa shape index (κ1) is 25.9. The number of urea groups is 1. The zero-order valence-corrected chi connectivity index (χ0v) is 19.7. The van der Waals surface area contributed by atoms with Crippen LogP contribution < -0.4 is 5.32 Å².